The van der Waals surface area contributed by atoms with Gasteiger partial charge < -0.3 is 5.32 Å². The average Bonchev–Trinajstić information content (AvgIpc) is 2.88. The molecule has 130 valence electrons. The molecule has 4 heteroatoms. The van der Waals surface area contributed by atoms with Crippen molar-refractivity contribution in [3.63, 3.8) is 0 Å². The zero-order valence-electron chi connectivity index (χ0n) is 14.6. The first-order chi connectivity index (χ1) is 12.2. The number of rotatable bonds is 8. The number of fused-ring (bicyclic) bond motifs is 1. The molecule has 3 rings (SSSR count). The molecule has 2 amide bonds. The highest BCUT2D eigenvalue weighted by molar-refractivity contribution is 6.21. The van der Waals surface area contributed by atoms with Crippen LogP contribution in [0.2, 0.25) is 0 Å². The molecule has 2 aromatic carbocycles. The largest absolute Gasteiger partial charge is 0.312 e. The van der Waals surface area contributed by atoms with E-state index in [2.05, 4.69) is 29.6 Å². The molecule has 1 heterocycles. The molecule has 25 heavy (non-hydrogen) atoms. The first-order valence-corrected chi connectivity index (χ1v) is 8.93. The zero-order valence-corrected chi connectivity index (χ0v) is 14.6. The fourth-order valence-corrected chi connectivity index (χ4v) is 3.37. The van der Waals surface area contributed by atoms with Crippen molar-refractivity contribution < 1.29 is 9.59 Å². The number of nitrogens with zero attached hydrogens (tertiary/aromatic N) is 1. The van der Waals surface area contributed by atoms with E-state index in [1.165, 1.54) is 10.5 Å². The number of aryl methyl sites for hydroxylation is 1. The van der Waals surface area contributed by atoms with Crippen LogP contribution >= 0.6 is 0 Å². The number of benzene rings is 2. The molecule has 1 atom stereocenters. The SMILES string of the molecule is CCNC(CCCc1ccccc1)CN1C(=O)c2ccccc2C1=O. The van der Waals surface area contributed by atoms with Crippen molar-refractivity contribution in [2.75, 3.05) is 13.1 Å². The van der Waals surface area contributed by atoms with Gasteiger partial charge in [0.15, 0.2) is 0 Å². The maximum Gasteiger partial charge on any atom is 0.261 e. The number of imide groups is 1. The quantitative estimate of drug-likeness (QED) is 0.753. The second-order valence-corrected chi connectivity index (χ2v) is 6.40. The molecular weight excluding hydrogens is 312 g/mol. The Bertz CT molecular complexity index is 708. The van der Waals surface area contributed by atoms with Crippen molar-refractivity contribution in [2.45, 2.75) is 32.2 Å². The molecule has 1 N–H and O–H groups in total. The molecule has 0 aliphatic carbocycles. The lowest BCUT2D eigenvalue weighted by Crippen LogP contribution is -2.43. The molecular formula is C21H24N2O2. The van der Waals surface area contributed by atoms with E-state index in [9.17, 15) is 9.59 Å². The molecule has 4 nitrogen and oxygen atoms in total. The van der Waals surface area contributed by atoms with Gasteiger partial charge in [0.25, 0.3) is 11.8 Å². The Morgan fingerprint density at radius 3 is 2.12 bits per heavy atom. The standard InChI is InChI=1S/C21H24N2O2/c1-2-22-17(12-8-11-16-9-4-3-5-10-16)15-23-20(24)18-13-6-7-14-19(18)21(23)25/h3-7,9-10,13-14,17,22H,2,8,11-12,15H2,1H3. The molecule has 2 aromatic rings. The van der Waals surface area contributed by atoms with Crippen LogP contribution in [0.5, 0.6) is 0 Å². The van der Waals surface area contributed by atoms with Gasteiger partial charge >= 0.3 is 0 Å². The summed E-state index contributed by atoms with van der Waals surface area (Å²) in [5, 5.41) is 3.42. The molecule has 0 bridgehead atoms. The summed E-state index contributed by atoms with van der Waals surface area (Å²) in [7, 11) is 0. The summed E-state index contributed by atoms with van der Waals surface area (Å²) in [6.45, 7) is 3.29. The topological polar surface area (TPSA) is 49.4 Å². The summed E-state index contributed by atoms with van der Waals surface area (Å²) in [6.07, 6.45) is 2.95. The van der Waals surface area contributed by atoms with Gasteiger partial charge in [-0.3, -0.25) is 14.5 Å². The summed E-state index contributed by atoms with van der Waals surface area (Å²) in [5.74, 6) is -0.349. The Hall–Kier alpha value is -2.46. The average molecular weight is 336 g/mol. The molecule has 1 aliphatic rings. The van der Waals surface area contributed by atoms with Crippen molar-refractivity contribution in [2.24, 2.45) is 0 Å². The molecule has 0 fully saturated rings. The summed E-state index contributed by atoms with van der Waals surface area (Å²) >= 11 is 0. The molecule has 0 saturated heterocycles. The van der Waals surface area contributed by atoms with Crippen molar-refractivity contribution in [1.29, 1.82) is 0 Å². The second kappa shape index (κ2) is 8.08. The van der Waals surface area contributed by atoms with Crippen LogP contribution in [0, 0.1) is 0 Å². The Balaban J connectivity index is 1.60. The Kier molecular flexibility index (Phi) is 5.61. The summed E-state index contributed by atoms with van der Waals surface area (Å²) in [4.78, 5) is 26.4. The summed E-state index contributed by atoms with van der Waals surface area (Å²) < 4.78 is 0. The smallest absolute Gasteiger partial charge is 0.261 e. The van der Waals surface area contributed by atoms with Gasteiger partial charge in [0.05, 0.1) is 11.1 Å². The van der Waals surface area contributed by atoms with Crippen LogP contribution in [0.3, 0.4) is 0 Å². The van der Waals surface area contributed by atoms with Crippen LogP contribution in [0.1, 0.15) is 46.0 Å². The number of hydrogen-bond acceptors (Lipinski definition) is 3. The van der Waals surface area contributed by atoms with Crippen molar-refractivity contribution in [3.05, 3.63) is 71.3 Å². The normalized spacial score (nSPS) is 14.7. The van der Waals surface area contributed by atoms with E-state index in [-0.39, 0.29) is 17.9 Å². The highest BCUT2D eigenvalue weighted by atomic mass is 16.2. The predicted molar refractivity (Wildman–Crippen MR) is 98.7 cm³/mol. The first-order valence-electron chi connectivity index (χ1n) is 8.93. The highest BCUT2D eigenvalue weighted by Crippen LogP contribution is 2.23. The maximum absolute atomic E-state index is 12.5. The minimum absolute atomic E-state index is 0.121. The number of hydrogen-bond donors (Lipinski definition) is 1. The predicted octanol–water partition coefficient (Wildman–Crippen LogP) is 3.28. The van der Waals surface area contributed by atoms with Crippen LogP contribution in [0.4, 0.5) is 0 Å². The number of carbonyl (C=O) groups is 2. The molecule has 0 radical (unpaired) electrons. The third kappa shape index (κ3) is 3.97. The molecule has 1 aliphatic heterocycles. The highest BCUT2D eigenvalue weighted by Gasteiger charge is 2.36. The van der Waals surface area contributed by atoms with Gasteiger partial charge in [-0.25, -0.2) is 0 Å². The van der Waals surface area contributed by atoms with E-state index in [4.69, 9.17) is 0 Å². The van der Waals surface area contributed by atoms with Gasteiger partial charge in [0.1, 0.15) is 0 Å². The number of nitrogens with one attached hydrogen (secondary N) is 1. The van der Waals surface area contributed by atoms with Crippen LogP contribution in [0.15, 0.2) is 54.6 Å². The van der Waals surface area contributed by atoms with Gasteiger partial charge in [-0.05, 0) is 43.5 Å². The lowest BCUT2D eigenvalue weighted by molar-refractivity contribution is 0.0636. The van der Waals surface area contributed by atoms with E-state index in [0.717, 1.165) is 25.8 Å². The minimum Gasteiger partial charge on any atom is -0.312 e. The molecule has 1 unspecified atom stereocenters. The van der Waals surface area contributed by atoms with E-state index >= 15 is 0 Å². The fourth-order valence-electron chi connectivity index (χ4n) is 3.37. The third-order valence-electron chi connectivity index (χ3n) is 4.63. The van der Waals surface area contributed by atoms with Gasteiger partial charge in [-0.1, -0.05) is 49.4 Å². The van der Waals surface area contributed by atoms with E-state index < -0.39 is 0 Å². The van der Waals surface area contributed by atoms with Gasteiger partial charge in [0, 0.05) is 12.6 Å². The lowest BCUT2D eigenvalue weighted by Gasteiger charge is -2.23. The Labute approximate surface area is 148 Å². The maximum atomic E-state index is 12.5. The number of amides is 2. The van der Waals surface area contributed by atoms with Gasteiger partial charge in [-0.2, -0.15) is 0 Å². The fraction of sp³-hybridized carbons (Fsp3) is 0.333. The van der Waals surface area contributed by atoms with E-state index in [1.807, 2.05) is 13.0 Å². The third-order valence-corrected chi connectivity index (χ3v) is 4.63. The van der Waals surface area contributed by atoms with Crippen molar-refractivity contribution in [3.8, 4) is 0 Å². The van der Waals surface area contributed by atoms with Crippen LogP contribution < -0.4 is 5.32 Å². The van der Waals surface area contributed by atoms with Crippen LogP contribution in [-0.4, -0.2) is 35.8 Å². The van der Waals surface area contributed by atoms with Gasteiger partial charge in [-0.15, -0.1) is 0 Å². The molecule has 0 spiro atoms. The van der Waals surface area contributed by atoms with E-state index in [0.29, 0.717) is 17.7 Å². The minimum atomic E-state index is -0.174. The van der Waals surface area contributed by atoms with Crippen molar-refractivity contribution >= 4 is 11.8 Å². The van der Waals surface area contributed by atoms with Crippen LogP contribution in [0.25, 0.3) is 0 Å². The number of likely N-dealkylation sites (N-methyl/N-ethyl adjacent to an activating group) is 1. The monoisotopic (exact) mass is 336 g/mol. The van der Waals surface area contributed by atoms with Gasteiger partial charge in [0.2, 0.25) is 0 Å². The van der Waals surface area contributed by atoms with Crippen LogP contribution in [-0.2, 0) is 6.42 Å². The first kappa shape index (κ1) is 17.4. The summed E-state index contributed by atoms with van der Waals surface area (Å²) in [5.41, 5.74) is 2.36. The second-order valence-electron chi connectivity index (χ2n) is 6.40. The van der Waals surface area contributed by atoms with Crippen molar-refractivity contribution in [1.82, 2.24) is 10.2 Å². The zero-order chi connectivity index (χ0) is 17.6. The lowest BCUT2D eigenvalue weighted by atomic mass is 10.0. The number of carbonyl (C=O) groups excluding carboxylic acids is 2. The Morgan fingerprint density at radius 2 is 1.52 bits per heavy atom. The van der Waals surface area contributed by atoms with E-state index in [1.54, 1.807) is 24.3 Å². The molecule has 0 aromatic heterocycles. The summed E-state index contributed by atoms with van der Waals surface area (Å²) in [6, 6.07) is 17.6. The Morgan fingerprint density at radius 1 is 0.920 bits per heavy atom. The molecule has 0 saturated carbocycles.